The van der Waals surface area contributed by atoms with E-state index in [1.165, 1.54) is 0 Å². The number of aliphatic hydroxyl groups excluding tert-OH is 3. The molecule has 0 aliphatic rings. The van der Waals surface area contributed by atoms with E-state index in [0.717, 1.165) is 38.6 Å². The third-order valence-electron chi connectivity index (χ3n) is 5.05. The van der Waals surface area contributed by atoms with Crippen LogP contribution in [0.4, 0.5) is 0 Å². The molecule has 0 aliphatic heterocycles. The fraction of sp³-hybridized carbons (Fsp3) is 0.238. The number of aliphatic hydroxyl groups is 3. The molecule has 2 aromatic carbocycles. The van der Waals surface area contributed by atoms with E-state index >= 15 is 0 Å². The van der Waals surface area contributed by atoms with Gasteiger partial charge in [-0.05, 0) is 29.7 Å². The van der Waals surface area contributed by atoms with Gasteiger partial charge in [0.2, 0.25) is 0 Å². The maximum Gasteiger partial charge on any atom is 0.0895 e. The average molecular weight is 350 g/mol. The molecule has 5 N–H and O–H groups in total. The zero-order valence-corrected chi connectivity index (χ0v) is 14.3. The van der Waals surface area contributed by atoms with Crippen LogP contribution in [0.5, 0.6) is 0 Å². The standard InChI is InChI=1S/C21H22N2O3/c24-10-9-15-13-5-2-4-8-18(13)23-21(15)20(19(26)12-25)16-11-22-17-7-3-1-6-14(16)17/h1-8,11,19-20,22-26H,9-10,12H2. The van der Waals surface area contributed by atoms with Gasteiger partial charge in [-0.15, -0.1) is 0 Å². The SMILES string of the molecule is OCCc1c(C(c2c[nH]c3ccccc23)C(O)CO)[nH]c2ccccc12. The number of benzene rings is 2. The van der Waals surface area contributed by atoms with Gasteiger partial charge in [-0.25, -0.2) is 0 Å². The van der Waals surface area contributed by atoms with E-state index in [1.54, 1.807) is 0 Å². The lowest BCUT2D eigenvalue weighted by atomic mass is 9.87. The highest BCUT2D eigenvalue weighted by Gasteiger charge is 2.29. The Morgan fingerprint density at radius 2 is 1.58 bits per heavy atom. The zero-order chi connectivity index (χ0) is 18.1. The predicted octanol–water partition coefficient (Wildman–Crippen LogP) is 2.67. The lowest BCUT2D eigenvalue weighted by Gasteiger charge is -2.22. The van der Waals surface area contributed by atoms with Gasteiger partial charge < -0.3 is 25.3 Å². The van der Waals surface area contributed by atoms with E-state index in [4.69, 9.17) is 0 Å². The van der Waals surface area contributed by atoms with Gasteiger partial charge in [-0.3, -0.25) is 0 Å². The molecule has 0 radical (unpaired) electrons. The summed E-state index contributed by atoms with van der Waals surface area (Å²) in [5.41, 5.74) is 4.68. The molecule has 26 heavy (non-hydrogen) atoms. The Labute approximate surface area is 150 Å². The molecular formula is C21H22N2O3. The molecule has 4 aromatic rings. The van der Waals surface area contributed by atoms with Crippen LogP contribution >= 0.6 is 0 Å². The van der Waals surface area contributed by atoms with Crippen LogP contribution in [0.25, 0.3) is 21.8 Å². The van der Waals surface area contributed by atoms with Gasteiger partial charge in [0.05, 0.1) is 18.6 Å². The van der Waals surface area contributed by atoms with Crippen LogP contribution in [0.3, 0.4) is 0 Å². The first-order chi connectivity index (χ1) is 12.7. The highest BCUT2D eigenvalue weighted by molar-refractivity contribution is 5.87. The Bertz CT molecular complexity index is 1030. The molecule has 0 fully saturated rings. The lowest BCUT2D eigenvalue weighted by Crippen LogP contribution is -2.24. The van der Waals surface area contributed by atoms with Crippen molar-refractivity contribution >= 4 is 21.8 Å². The first-order valence-electron chi connectivity index (χ1n) is 8.80. The maximum absolute atomic E-state index is 10.7. The van der Waals surface area contributed by atoms with Crippen LogP contribution in [0.1, 0.15) is 22.7 Å². The van der Waals surface area contributed by atoms with Crippen molar-refractivity contribution in [2.24, 2.45) is 0 Å². The van der Waals surface area contributed by atoms with Crippen LogP contribution in [0.15, 0.2) is 54.7 Å². The molecule has 0 aliphatic carbocycles. The molecule has 0 saturated heterocycles. The fourth-order valence-corrected chi connectivity index (χ4v) is 3.88. The van der Waals surface area contributed by atoms with Crippen molar-refractivity contribution in [3.8, 4) is 0 Å². The monoisotopic (exact) mass is 350 g/mol. The maximum atomic E-state index is 10.7. The minimum Gasteiger partial charge on any atom is -0.396 e. The van der Waals surface area contributed by atoms with Gasteiger partial charge in [0.1, 0.15) is 0 Å². The number of aromatic nitrogens is 2. The average Bonchev–Trinajstić information content (AvgIpc) is 3.25. The van der Waals surface area contributed by atoms with Crippen LogP contribution in [-0.2, 0) is 6.42 Å². The van der Waals surface area contributed by atoms with Gasteiger partial charge in [0.25, 0.3) is 0 Å². The summed E-state index contributed by atoms with van der Waals surface area (Å²) in [7, 11) is 0. The Hall–Kier alpha value is -2.60. The molecule has 134 valence electrons. The first-order valence-corrected chi connectivity index (χ1v) is 8.80. The molecule has 5 heteroatoms. The summed E-state index contributed by atoms with van der Waals surface area (Å²) >= 11 is 0. The van der Waals surface area contributed by atoms with Gasteiger partial charge in [0, 0.05) is 40.3 Å². The number of hydrogen-bond acceptors (Lipinski definition) is 3. The molecule has 0 amide bonds. The molecule has 0 spiro atoms. The molecule has 2 atom stereocenters. The Balaban J connectivity index is 1.96. The second-order valence-corrected chi connectivity index (χ2v) is 6.55. The van der Waals surface area contributed by atoms with Crippen molar-refractivity contribution < 1.29 is 15.3 Å². The van der Waals surface area contributed by atoms with Crippen molar-refractivity contribution in [3.63, 3.8) is 0 Å². The number of H-pyrrole nitrogens is 2. The summed E-state index contributed by atoms with van der Waals surface area (Å²) in [6.45, 7) is -0.331. The van der Waals surface area contributed by atoms with Crippen LogP contribution in [0, 0.1) is 0 Å². The molecule has 0 bridgehead atoms. The van der Waals surface area contributed by atoms with Crippen LogP contribution < -0.4 is 0 Å². The van der Waals surface area contributed by atoms with Crippen molar-refractivity contribution in [2.75, 3.05) is 13.2 Å². The summed E-state index contributed by atoms with van der Waals surface area (Å²) < 4.78 is 0. The summed E-state index contributed by atoms with van der Waals surface area (Å²) in [5.74, 6) is -0.426. The number of fused-ring (bicyclic) bond motifs is 2. The molecule has 2 aromatic heterocycles. The van der Waals surface area contributed by atoms with E-state index in [2.05, 4.69) is 9.97 Å². The first kappa shape index (κ1) is 16.8. The Morgan fingerprint density at radius 3 is 2.31 bits per heavy atom. The van der Waals surface area contributed by atoms with Gasteiger partial charge in [0.15, 0.2) is 0 Å². The lowest BCUT2D eigenvalue weighted by molar-refractivity contribution is 0.0816. The second-order valence-electron chi connectivity index (χ2n) is 6.55. The number of para-hydroxylation sites is 2. The zero-order valence-electron chi connectivity index (χ0n) is 14.3. The number of hydrogen-bond donors (Lipinski definition) is 5. The predicted molar refractivity (Wildman–Crippen MR) is 102 cm³/mol. The molecule has 4 rings (SSSR count). The van der Waals surface area contributed by atoms with Gasteiger partial charge in [-0.2, -0.15) is 0 Å². The molecule has 2 unspecified atom stereocenters. The van der Waals surface area contributed by atoms with E-state index in [1.807, 2.05) is 54.7 Å². The van der Waals surface area contributed by atoms with Crippen molar-refractivity contribution in [3.05, 3.63) is 71.5 Å². The third-order valence-corrected chi connectivity index (χ3v) is 5.05. The Kier molecular flexibility index (Phi) is 4.51. The van der Waals surface area contributed by atoms with E-state index in [0.29, 0.717) is 6.42 Å². The minimum absolute atomic E-state index is 0.0185. The largest absolute Gasteiger partial charge is 0.396 e. The molecular weight excluding hydrogens is 328 g/mol. The molecule has 2 heterocycles. The minimum atomic E-state index is -0.959. The van der Waals surface area contributed by atoms with Crippen LogP contribution in [0.2, 0.25) is 0 Å². The summed E-state index contributed by atoms with van der Waals surface area (Å²) in [6, 6.07) is 15.8. The number of rotatable bonds is 6. The van der Waals surface area contributed by atoms with Gasteiger partial charge >= 0.3 is 0 Å². The van der Waals surface area contributed by atoms with Crippen molar-refractivity contribution in [1.82, 2.24) is 9.97 Å². The van der Waals surface area contributed by atoms with Crippen LogP contribution in [-0.4, -0.2) is 44.6 Å². The quantitative estimate of drug-likeness (QED) is 0.370. The molecule has 5 nitrogen and oxygen atoms in total. The van der Waals surface area contributed by atoms with Gasteiger partial charge in [-0.1, -0.05) is 36.4 Å². The topological polar surface area (TPSA) is 92.3 Å². The summed E-state index contributed by atoms with van der Waals surface area (Å²) in [4.78, 5) is 6.67. The van der Waals surface area contributed by atoms with Crippen molar-refractivity contribution in [1.29, 1.82) is 0 Å². The number of nitrogens with one attached hydrogen (secondary N) is 2. The number of aromatic amines is 2. The van der Waals surface area contributed by atoms with E-state index in [9.17, 15) is 15.3 Å². The fourth-order valence-electron chi connectivity index (χ4n) is 3.88. The van der Waals surface area contributed by atoms with E-state index < -0.39 is 12.0 Å². The van der Waals surface area contributed by atoms with E-state index in [-0.39, 0.29) is 13.2 Å². The Morgan fingerprint density at radius 1 is 0.885 bits per heavy atom. The molecule has 0 saturated carbocycles. The highest BCUT2D eigenvalue weighted by atomic mass is 16.3. The third kappa shape index (κ3) is 2.70. The van der Waals surface area contributed by atoms with Crippen molar-refractivity contribution in [2.45, 2.75) is 18.4 Å². The smallest absolute Gasteiger partial charge is 0.0895 e. The highest BCUT2D eigenvalue weighted by Crippen LogP contribution is 2.37. The second kappa shape index (κ2) is 6.96. The summed E-state index contributed by atoms with van der Waals surface area (Å²) in [6.07, 6.45) is 1.42. The normalized spacial score (nSPS) is 14.1. The summed E-state index contributed by atoms with van der Waals surface area (Å²) in [5, 5.41) is 32.0.